The van der Waals surface area contributed by atoms with Gasteiger partial charge in [-0.25, -0.2) is 14.4 Å². The first-order valence-electron chi connectivity index (χ1n) is 10.8. The molecule has 1 amide bonds. The third-order valence-corrected chi connectivity index (χ3v) is 5.86. The van der Waals surface area contributed by atoms with Crippen LogP contribution in [-0.4, -0.2) is 38.3 Å². The van der Waals surface area contributed by atoms with Crippen LogP contribution in [0.3, 0.4) is 0 Å². The molecule has 32 heavy (non-hydrogen) atoms. The van der Waals surface area contributed by atoms with Crippen LogP contribution in [-0.2, 0) is 11.3 Å². The normalized spacial score (nSPS) is 16.8. The summed E-state index contributed by atoms with van der Waals surface area (Å²) in [6, 6.07) is 16.2. The largest absolute Gasteiger partial charge is 0.326 e. The summed E-state index contributed by atoms with van der Waals surface area (Å²) in [5.74, 6) is 0.372. The lowest BCUT2D eigenvalue weighted by molar-refractivity contribution is -0.121. The van der Waals surface area contributed by atoms with Gasteiger partial charge in [-0.3, -0.25) is 14.1 Å². The molecule has 1 unspecified atom stereocenters. The van der Waals surface area contributed by atoms with Gasteiger partial charge < -0.3 is 5.32 Å². The summed E-state index contributed by atoms with van der Waals surface area (Å²) in [7, 11) is 0. The average molecular weight is 429 g/mol. The van der Waals surface area contributed by atoms with Gasteiger partial charge in [-0.05, 0) is 55.3 Å². The molecule has 1 aliphatic heterocycles. The number of likely N-dealkylation sites (tertiary alicyclic amines) is 1. The molecule has 1 atom stereocenters. The van der Waals surface area contributed by atoms with Crippen molar-refractivity contribution < 1.29 is 9.18 Å². The van der Waals surface area contributed by atoms with Gasteiger partial charge in [-0.15, -0.1) is 0 Å². The summed E-state index contributed by atoms with van der Waals surface area (Å²) < 4.78 is 15.3. The fourth-order valence-corrected chi connectivity index (χ4v) is 4.24. The van der Waals surface area contributed by atoms with Crippen molar-refractivity contribution >= 4 is 17.4 Å². The third kappa shape index (κ3) is 4.53. The van der Waals surface area contributed by atoms with Crippen LogP contribution >= 0.6 is 0 Å². The Balaban J connectivity index is 1.21. The van der Waals surface area contributed by atoms with Gasteiger partial charge in [0.1, 0.15) is 5.82 Å². The van der Waals surface area contributed by atoms with Gasteiger partial charge in [0.25, 0.3) is 0 Å². The fraction of sp³-hybridized carbons (Fsp3) is 0.240. The SMILES string of the molecule is O=C(Nc1ccc(-c2cn3cccnc3n2)cc1)C1CCCN(Cc2cccc(F)c2)C1. The van der Waals surface area contributed by atoms with E-state index in [1.807, 2.05) is 53.2 Å². The standard InChI is InChI=1S/C25H24FN5O/c26-21-6-1-4-18(14-21)15-30-12-2-5-20(16-30)24(32)28-22-9-7-19(8-10-22)23-17-31-13-3-11-27-25(31)29-23/h1,3-4,6-11,13-14,17,20H,2,5,12,15-16H2,(H,28,32). The van der Waals surface area contributed by atoms with Crippen LogP contribution in [0.5, 0.6) is 0 Å². The van der Waals surface area contributed by atoms with Crippen molar-refractivity contribution in [1.82, 2.24) is 19.3 Å². The number of carbonyl (C=O) groups is 1. The van der Waals surface area contributed by atoms with E-state index in [4.69, 9.17) is 0 Å². The maximum atomic E-state index is 13.5. The highest BCUT2D eigenvalue weighted by atomic mass is 19.1. The van der Waals surface area contributed by atoms with Gasteiger partial charge in [0.2, 0.25) is 11.7 Å². The lowest BCUT2D eigenvalue weighted by Crippen LogP contribution is -2.40. The van der Waals surface area contributed by atoms with E-state index in [-0.39, 0.29) is 17.6 Å². The number of benzene rings is 2. The molecule has 0 bridgehead atoms. The zero-order valence-electron chi connectivity index (χ0n) is 17.6. The number of carbonyl (C=O) groups excluding carboxylic acids is 1. The number of aromatic nitrogens is 3. The van der Waals surface area contributed by atoms with E-state index >= 15 is 0 Å². The minimum atomic E-state index is -0.225. The van der Waals surface area contributed by atoms with Crippen molar-refractivity contribution in [2.45, 2.75) is 19.4 Å². The number of amides is 1. The molecular weight excluding hydrogens is 405 g/mol. The Morgan fingerprint density at radius 2 is 2.03 bits per heavy atom. The van der Waals surface area contributed by atoms with Gasteiger partial charge in [0.05, 0.1) is 11.6 Å². The second kappa shape index (κ2) is 8.88. The number of hydrogen-bond acceptors (Lipinski definition) is 4. The Hall–Kier alpha value is -3.58. The van der Waals surface area contributed by atoms with E-state index in [1.165, 1.54) is 6.07 Å². The Bertz CT molecular complexity index is 1200. The van der Waals surface area contributed by atoms with Crippen LogP contribution < -0.4 is 5.32 Å². The van der Waals surface area contributed by atoms with Crippen molar-refractivity contribution in [3.63, 3.8) is 0 Å². The summed E-state index contributed by atoms with van der Waals surface area (Å²) in [5, 5.41) is 3.05. The predicted octanol–water partition coefficient (Wildman–Crippen LogP) is 4.39. The number of nitrogens with zero attached hydrogens (tertiary/aromatic N) is 4. The summed E-state index contributed by atoms with van der Waals surface area (Å²) in [4.78, 5) is 23.9. The number of fused-ring (bicyclic) bond motifs is 1. The molecule has 2 aromatic carbocycles. The van der Waals surface area contributed by atoms with Crippen molar-refractivity contribution in [3.8, 4) is 11.3 Å². The van der Waals surface area contributed by atoms with Crippen LogP contribution in [0.25, 0.3) is 17.0 Å². The second-order valence-electron chi connectivity index (χ2n) is 8.22. The fourth-order valence-electron chi connectivity index (χ4n) is 4.24. The van der Waals surface area contributed by atoms with Crippen LogP contribution in [0, 0.1) is 11.7 Å². The molecule has 1 saturated heterocycles. The number of halogens is 1. The van der Waals surface area contributed by atoms with E-state index in [0.29, 0.717) is 18.9 Å². The van der Waals surface area contributed by atoms with Crippen LogP contribution in [0.4, 0.5) is 10.1 Å². The summed E-state index contributed by atoms with van der Waals surface area (Å²) in [6.45, 7) is 2.25. The Morgan fingerprint density at radius 3 is 2.84 bits per heavy atom. The molecule has 2 aromatic heterocycles. The Kier molecular flexibility index (Phi) is 5.64. The van der Waals surface area contributed by atoms with E-state index < -0.39 is 0 Å². The van der Waals surface area contributed by atoms with Crippen molar-refractivity contribution in [2.75, 3.05) is 18.4 Å². The Labute approximate surface area is 185 Å². The maximum absolute atomic E-state index is 13.5. The molecule has 0 aliphatic carbocycles. The monoisotopic (exact) mass is 429 g/mol. The molecule has 3 heterocycles. The van der Waals surface area contributed by atoms with Crippen LogP contribution in [0.1, 0.15) is 18.4 Å². The zero-order chi connectivity index (χ0) is 21.9. The summed E-state index contributed by atoms with van der Waals surface area (Å²) in [5.41, 5.74) is 3.50. The van der Waals surface area contributed by atoms with E-state index in [9.17, 15) is 9.18 Å². The van der Waals surface area contributed by atoms with Crippen molar-refractivity contribution in [2.24, 2.45) is 5.92 Å². The van der Waals surface area contributed by atoms with Crippen molar-refractivity contribution in [1.29, 1.82) is 0 Å². The summed E-state index contributed by atoms with van der Waals surface area (Å²) >= 11 is 0. The highest BCUT2D eigenvalue weighted by molar-refractivity contribution is 5.93. The van der Waals surface area contributed by atoms with E-state index in [1.54, 1.807) is 18.3 Å². The molecule has 5 rings (SSSR count). The molecule has 1 aliphatic rings. The first-order chi connectivity index (χ1) is 15.6. The van der Waals surface area contributed by atoms with Gasteiger partial charge in [0, 0.05) is 42.9 Å². The number of hydrogen-bond donors (Lipinski definition) is 1. The van der Waals surface area contributed by atoms with Crippen molar-refractivity contribution in [3.05, 3.63) is 84.6 Å². The highest BCUT2D eigenvalue weighted by Gasteiger charge is 2.26. The molecule has 162 valence electrons. The molecule has 7 heteroatoms. The second-order valence-corrected chi connectivity index (χ2v) is 8.22. The minimum Gasteiger partial charge on any atom is -0.326 e. The lowest BCUT2D eigenvalue weighted by Gasteiger charge is -2.32. The maximum Gasteiger partial charge on any atom is 0.234 e. The molecule has 0 spiro atoms. The first-order valence-corrected chi connectivity index (χ1v) is 10.8. The zero-order valence-corrected chi connectivity index (χ0v) is 17.6. The number of piperidine rings is 1. The highest BCUT2D eigenvalue weighted by Crippen LogP contribution is 2.23. The van der Waals surface area contributed by atoms with Gasteiger partial charge in [-0.2, -0.15) is 0 Å². The Morgan fingerprint density at radius 1 is 1.16 bits per heavy atom. The quantitative estimate of drug-likeness (QED) is 0.511. The molecule has 0 saturated carbocycles. The number of rotatable bonds is 5. The number of nitrogens with one attached hydrogen (secondary N) is 1. The molecule has 1 fully saturated rings. The molecule has 6 nitrogen and oxygen atoms in total. The number of anilines is 1. The third-order valence-electron chi connectivity index (χ3n) is 5.86. The molecule has 4 aromatic rings. The van der Waals surface area contributed by atoms with E-state index in [0.717, 1.165) is 41.9 Å². The van der Waals surface area contributed by atoms with Crippen LogP contribution in [0.15, 0.2) is 73.2 Å². The van der Waals surface area contributed by atoms with E-state index in [2.05, 4.69) is 20.2 Å². The molecule has 0 radical (unpaired) electrons. The smallest absolute Gasteiger partial charge is 0.234 e. The first kappa shape index (κ1) is 20.3. The van der Waals surface area contributed by atoms with Gasteiger partial charge >= 0.3 is 0 Å². The van der Waals surface area contributed by atoms with Gasteiger partial charge in [-0.1, -0.05) is 24.3 Å². The lowest BCUT2D eigenvalue weighted by atomic mass is 9.96. The molecule has 1 N–H and O–H groups in total. The predicted molar refractivity (Wildman–Crippen MR) is 121 cm³/mol. The average Bonchev–Trinajstić information content (AvgIpc) is 3.24. The minimum absolute atomic E-state index is 0.0265. The number of imidazole rings is 1. The van der Waals surface area contributed by atoms with Crippen LogP contribution in [0.2, 0.25) is 0 Å². The molecular formula is C25H24FN5O. The van der Waals surface area contributed by atoms with Gasteiger partial charge in [0.15, 0.2) is 0 Å². The topological polar surface area (TPSA) is 62.5 Å². The summed E-state index contributed by atoms with van der Waals surface area (Å²) in [6.07, 6.45) is 7.38.